The molecule has 0 aliphatic rings. The number of carbonyl (C=O) groups excluding carboxylic acids is 1. The van der Waals surface area contributed by atoms with Crippen LogP contribution in [0.15, 0.2) is 53.5 Å². The van der Waals surface area contributed by atoms with Gasteiger partial charge in [0.05, 0.1) is 7.11 Å². The van der Waals surface area contributed by atoms with Crippen molar-refractivity contribution in [2.24, 2.45) is 4.99 Å². The quantitative estimate of drug-likeness (QED) is 0.474. The van der Waals surface area contributed by atoms with Crippen molar-refractivity contribution in [3.05, 3.63) is 59.7 Å². The molecule has 2 aromatic carbocycles. The van der Waals surface area contributed by atoms with Crippen LogP contribution in [0, 0.1) is 0 Å². The van der Waals surface area contributed by atoms with Crippen molar-refractivity contribution < 1.29 is 14.3 Å². The number of methoxy groups -OCH3 is 1. The predicted octanol–water partition coefficient (Wildman–Crippen LogP) is 3.95. The van der Waals surface area contributed by atoms with E-state index in [9.17, 15) is 4.79 Å². The van der Waals surface area contributed by atoms with Gasteiger partial charge in [0.15, 0.2) is 5.96 Å². The van der Waals surface area contributed by atoms with Gasteiger partial charge in [0.1, 0.15) is 11.4 Å². The number of nitrogens with one attached hydrogen (secondary N) is 3. The van der Waals surface area contributed by atoms with Gasteiger partial charge < -0.3 is 20.1 Å². The van der Waals surface area contributed by atoms with E-state index >= 15 is 0 Å². The first-order valence-corrected chi connectivity index (χ1v) is 9.96. The molecule has 0 fully saturated rings. The molecule has 0 aromatic heterocycles. The largest absolute Gasteiger partial charge is 0.496 e. The Hall–Kier alpha value is -3.22. The highest BCUT2D eigenvalue weighted by Gasteiger charge is 2.16. The normalized spacial score (nSPS) is 11.6. The second kappa shape index (κ2) is 11.1. The molecule has 3 N–H and O–H groups in total. The number of nitrogens with zero attached hydrogens (tertiary/aromatic N) is 1. The molecular weight excluding hydrogens is 380 g/mol. The van der Waals surface area contributed by atoms with Gasteiger partial charge in [-0.3, -0.25) is 10.3 Å². The van der Waals surface area contributed by atoms with Crippen LogP contribution in [0.2, 0.25) is 0 Å². The molecule has 2 aromatic rings. The molecule has 0 saturated heterocycles. The maximum absolute atomic E-state index is 11.8. The minimum atomic E-state index is -0.520. The summed E-state index contributed by atoms with van der Waals surface area (Å²) in [4.78, 5) is 16.1. The van der Waals surface area contributed by atoms with Gasteiger partial charge >= 0.3 is 6.09 Å². The number of rotatable bonds is 7. The van der Waals surface area contributed by atoms with Crippen LogP contribution in [0.3, 0.4) is 0 Å². The third kappa shape index (κ3) is 8.03. The molecule has 7 heteroatoms. The predicted molar refractivity (Wildman–Crippen MR) is 121 cm³/mol. The van der Waals surface area contributed by atoms with Crippen molar-refractivity contribution in [1.29, 1.82) is 0 Å². The van der Waals surface area contributed by atoms with Crippen LogP contribution in [0.4, 0.5) is 10.5 Å². The molecule has 0 heterocycles. The lowest BCUT2D eigenvalue weighted by Crippen LogP contribution is -2.37. The van der Waals surface area contributed by atoms with Crippen LogP contribution in [-0.4, -0.2) is 38.4 Å². The molecule has 7 nitrogen and oxygen atoms in total. The third-order valence-corrected chi connectivity index (χ3v) is 4.17. The van der Waals surface area contributed by atoms with Gasteiger partial charge in [0.2, 0.25) is 0 Å². The lowest BCUT2D eigenvalue weighted by Gasteiger charge is -2.19. The first kappa shape index (κ1) is 23.1. The molecule has 162 valence electrons. The number of aliphatic imine (C=N–C) groups is 1. The van der Waals surface area contributed by atoms with Gasteiger partial charge in [-0.05, 0) is 51.0 Å². The van der Waals surface area contributed by atoms with E-state index in [4.69, 9.17) is 9.47 Å². The summed E-state index contributed by atoms with van der Waals surface area (Å²) >= 11 is 0. The monoisotopic (exact) mass is 412 g/mol. The van der Waals surface area contributed by atoms with E-state index in [1.54, 1.807) is 14.2 Å². The first-order valence-electron chi connectivity index (χ1n) is 9.96. The van der Waals surface area contributed by atoms with Crippen molar-refractivity contribution >= 4 is 17.7 Å². The van der Waals surface area contributed by atoms with Crippen LogP contribution in [0.1, 0.15) is 31.9 Å². The highest BCUT2D eigenvalue weighted by molar-refractivity contribution is 5.84. The van der Waals surface area contributed by atoms with Gasteiger partial charge in [-0.25, -0.2) is 4.79 Å². The van der Waals surface area contributed by atoms with Gasteiger partial charge in [-0.1, -0.05) is 30.3 Å². The summed E-state index contributed by atoms with van der Waals surface area (Å²) in [6, 6.07) is 15.6. The standard InChI is InChI=1S/C23H32N4O3/c1-23(2,3)30-22(28)27-19-12-10-17(11-13-19)14-15-25-21(24-4)26-16-18-8-6-7-9-20(18)29-5/h6-13H,14-16H2,1-5H3,(H,27,28)(H2,24,25,26). The number of para-hydroxylation sites is 1. The smallest absolute Gasteiger partial charge is 0.412 e. The summed E-state index contributed by atoms with van der Waals surface area (Å²) in [5.74, 6) is 1.57. The van der Waals surface area contributed by atoms with E-state index in [1.165, 1.54) is 0 Å². The van der Waals surface area contributed by atoms with E-state index in [-0.39, 0.29) is 0 Å². The average Bonchev–Trinajstić information content (AvgIpc) is 2.70. The maximum Gasteiger partial charge on any atom is 0.412 e. The van der Waals surface area contributed by atoms with Crippen LogP contribution in [0.5, 0.6) is 5.75 Å². The number of hydrogen-bond acceptors (Lipinski definition) is 4. The summed E-state index contributed by atoms with van der Waals surface area (Å²) in [6.45, 7) is 6.85. The molecule has 0 bridgehead atoms. The van der Waals surface area contributed by atoms with Crippen molar-refractivity contribution in [1.82, 2.24) is 10.6 Å². The Labute approximate surface area is 178 Å². The van der Waals surface area contributed by atoms with Gasteiger partial charge in [0.25, 0.3) is 0 Å². The third-order valence-electron chi connectivity index (χ3n) is 4.17. The van der Waals surface area contributed by atoms with Crippen molar-refractivity contribution in [3.63, 3.8) is 0 Å². The molecule has 2 rings (SSSR count). The molecule has 0 unspecified atom stereocenters. The second-order valence-corrected chi connectivity index (χ2v) is 7.74. The zero-order valence-corrected chi connectivity index (χ0v) is 18.4. The van der Waals surface area contributed by atoms with Gasteiger partial charge in [-0.15, -0.1) is 0 Å². The Morgan fingerprint density at radius 2 is 1.73 bits per heavy atom. The molecule has 0 radical (unpaired) electrons. The van der Waals surface area contributed by atoms with Crippen molar-refractivity contribution in [2.45, 2.75) is 39.3 Å². The maximum atomic E-state index is 11.8. The van der Waals surface area contributed by atoms with Crippen LogP contribution >= 0.6 is 0 Å². The molecule has 0 aliphatic heterocycles. The van der Waals surface area contributed by atoms with E-state index in [2.05, 4.69) is 20.9 Å². The SMILES string of the molecule is CN=C(NCCc1ccc(NC(=O)OC(C)(C)C)cc1)NCc1ccccc1OC. The summed E-state index contributed by atoms with van der Waals surface area (Å²) in [6.07, 6.45) is 0.365. The Morgan fingerprint density at radius 3 is 2.37 bits per heavy atom. The topological polar surface area (TPSA) is 84.0 Å². The summed E-state index contributed by atoms with van der Waals surface area (Å²) in [7, 11) is 3.41. The molecule has 0 spiro atoms. The van der Waals surface area contributed by atoms with E-state index in [1.807, 2.05) is 69.3 Å². The number of amides is 1. The Morgan fingerprint density at radius 1 is 1.03 bits per heavy atom. The van der Waals surface area contributed by atoms with Crippen LogP contribution in [-0.2, 0) is 17.7 Å². The summed E-state index contributed by atoms with van der Waals surface area (Å²) in [5.41, 5.74) is 2.40. The molecule has 0 aliphatic carbocycles. The number of hydrogen-bond donors (Lipinski definition) is 3. The molecular formula is C23H32N4O3. The Bertz CT molecular complexity index is 842. The average molecular weight is 413 g/mol. The highest BCUT2D eigenvalue weighted by atomic mass is 16.6. The lowest BCUT2D eigenvalue weighted by molar-refractivity contribution is 0.0636. The summed E-state index contributed by atoms with van der Waals surface area (Å²) in [5, 5.41) is 9.33. The van der Waals surface area contributed by atoms with Crippen LogP contribution in [0.25, 0.3) is 0 Å². The van der Waals surface area contributed by atoms with E-state index < -0.39 is 11.7 Å². The summed E-state index contributed by atoms with van der Waals surface area (Å²) < 4.78 is 10.6. The number of carbonyl (C=O) groups is 1. The fourth-order valence-corrected chi connectivity index (χ4v) is 2.75. The second-order valence-electron chi connectivity index (χ2n) is 7.74. The number of ether oxygens (including phenoxy) is 2. The molecule has 0 atom stereocenters. The highest BCUT2D eigenvalue weighted by Crippen LogP contribution is 2.16. The molecule has 0 saturated carbocycles. The zero-order chi connectivity index (χ0) is 22.0. The zero-order valence-electron chi connectivity index (χ0n) is 18.4. The fourth-order valence-electron chi connectivity index (χ4n) is 2.75. The molecule has 1 amide bonds. The van der Waals surface area contributed by atoms with E-state index in [0.29, 0.717) is 12.2 Å². The minimum absolute atomic E-state index is 0.457. The van der Waals surface area contributed by atoms with Crippen molar-refractivity contribution in [3.8, 4) is 5.75 Å². The lowest BCUT2D eigenvalue weighted by atomic mass is 10.1. The van der Waals surface area contributed by atoms with Crippen LogP contribution < -0.4 is 20.7 Å². The fraction of sp³-hybridized carbons (Fsp3) is 0.391. The van der Waals surface area contributed by atoms with E-state index in [0.717, 1.165) is 35.8 Å². The number of anilines is 1. The Balaban J connectivity index is 1.77. The first-order chi connectivity index (χ1) is 14.3. The van der Waals surface area contributed by atoms with Crippen molar-refractivity contribution in [2.75, 3.05) is 26.0 Å². The Kier molecular flexibility index (Phi) is 8.53. The molecule has 30 heavy (non-hydrogen) atoms. The number of benzene rings is 2. The number of guanidine groups is 1. The minimum Gasteiger partial charge on any atom is -0.496 e. The van der Waals surface area contributed by atoms with Gasteiger partial charge in [-0.2, -0.15) is 0 Å². The van der Waals surface area contributed by atoms with Gasteiger partial charge in [0, 0.05) is 31.4 Å².